The third-order valence-corrected chi connectivity index (χ3v) is 5.42. The molecule has 3 rings (SSSR count). The third-order valence-electron chi connectivity index (χ3n) is 3.69. The number of nitrogens with one attached hydrogen (secondary N) is 1. The minimum absolute atomic E-state index is 0.110. The molecule has 1 fully saturated rings. The maximum atomic E-state index is 12.3. The Hall–Kier alpha value is -1.57. The van der Waals surface area contributed by atoms with E-state index in [-0.39, 0.29) is 10.9 Å². The minimum atomic E-state index is -3.52. The summed E-state index contributed by atoms with van der Waals surface area (Å²) in [6, 6.07) is 7.45. The molecular weight excluding hydrogens is 324 g/mol. The molecule has 0 radical (unpaired) electrons. The molecule has 0 amide bonds. The number of nitrogens with zero attached hydrogens (tertiary/aromatic N) is 3. The number of aryl methyl sites for hydroxylation is 1. The van der Waals surface area contributed by atoms with Crippen molar-refractivity contribution in [2.75, 3.05) is 18.0 Å². The lowest BCUT2D eigenvalue weighted by Gasteiger charge is -2.19. The minimum Gasteiger partial charge on any atom is -0.370 e. The van der Waals surface area contributed by atoms with Gasteiger partial charge in [0.05, 0.1) is 6.20 Å². The van der Waals surface area contributed by atoms with Gasteiger partial charge in [0.25, 0.3) is 0 Å². The number of aromatic nitrogens is 2. The van der Waals surface area contributed by atoms with Gasteiger partial charge in [0, 0.05) is 43.1 Å². The second-order valence-electron chi connectivity index (χ2n) is 5.38. The number of benzene rings is 1. The van der Waals surface area contributed by atoms with Crippen LogP contribution in [0.4, 0.5) is 5.69 Å². The first kappa shape index (κ1) is 15.3. The van der Waals surface area contributed by atoms with Crippen LogP contribution in [0.1, 0.15) is 6.42 Å². The lowest BCUT2D eigenvalue weighted by atomic mass is 10.3. The van der Waals surface area contributed by atoms with Gasteiger partial charge in [-0.3, -0.25) is 4.68 Å². The summed E-state index contributed by atoms with van der Waals surface area (Å²) in [6.45, 7) is 1.45. The Morgan fingerprint density at radius 1 is 1.32 bits per heavy atom. The van der Waals surface area contributed by atoms with E-state index in [1.165, 1.54) is 17.1 Å². The normalized spacial score (nSPS) is 18.8. The molecule has 6 nitrogen and oxygen atoms in total. The van der Waals surface area contributed by atoms with Crippen LogP contribution in [-0.2, 0) is 17.1 Å². The first-order valence-corrected chi connectivity index (χ1v) is 8.82. The van der Waals surface area contributed by atoms with E-state index in [0.29, 0.717) is 11.6 Å². The van der Waals surface area contributed by atoms with E-state index in [2.05, 4.69) is 14.7 Å². The highest BCUT2D eigenvalue weighted by molar-refractivity contribution is 7.89. The topological polar surface area (TPSA) is 67.2 Å². The predicted octanol–water partition coefficient (Wildman–Crippen LogP) is 1.63. The van der Waals surface area contributed by atoms with Gasteiger partial charge in [-0.15, -0.1) is 0 Å². The summed E-state index contributed by atoms with van der Waals surface area (Å²) in [4.78, 5) is 2.34. The van der Waals surface area contributed by atoms with E-state index >= 15 is 0 Å². The van der Waals surface area contributed by atoms with Crippen molar-refractivity contribution >= 4 is 27.3 Å². The molecule has 8 heteroatoms. The van der Waals surface area contributed by atoms with E-state index in [0.717, 1.165) is 18.7 Å². The molecule has 0 bridgehead atoms. The quantitative estimate of drug-likeness (QED) is 0.918. The molecule has 1 atom stereocenters. The summed E-state index contributed by atoms with van der Waals surface area (Å²) in [7, 11) is -1.82. The molecule has 2 heterocycles. The summed E-state index contributed by atoms with van der Waals surface area (Å²) in [5, 5.41) is 4.59. The maximum absolute atomic E-state index is 12.3. The van der Waals surface area contributed by atoms with Crippen molar-refractivity contribution in [3.05, 3.63) is 41.7 Å². The van der Waals surface area contributed by atoms with E-state index < -0.39 is 10.0 Å². The van der Waals surface area contributed by atoms with Crippen molar-refractivity contribution in [2.45, 2.75) is 17.4 Å². The van der Waals surface area contributed by atoms with E-state index in [4.69, 9.17) is 11.6 Å². The molecule has 1 aromatic heterocycles. The average Bonchev–Trinajstić information content (AvgIpc) is 3.09. The highest BCUT2D eigenvalue weighted by Gasteiger charge is 2.28. The third kappa shape index (κ3) is 3.26. The molecule has 1 saturated heterocycles. The smallest absolute Gasteiger partial charge is 0.244 e. The molecule has 1 N–H and O–H groups in total. The van der Waals surface area contributed by atoms with Gasteiger partial charge in [-0.1, -0.05) is 11.6 Å². The molecule has 22 heavy (non-hydrogen) atoms. The summed E-state index contributed by atoms with van der Waals surface area (Å²) in [5.41, 5.74) is 1.05. The molecule has 1 aliphatic rings. The van der Waals surface area contributed by atoms with Crippen molar-refractivity contribution < 1.29 is 8.42 Å². The van der Waals surface area contributed by atoms with Crippen molar-refractivity contribution in [1.82, 2.24) is 14.5 Å². The van der Waals surface area contributed by atoms with Crippen LogP contribution >= 0.6 is 11.6 Å². The number of hydrogen-bond acceptors (Lipinski definition) is 4. The first-order chi connectivity index (χ1) is 10.4. The van der Waals surface area contributed by atoms with Crippen LogP contribution in [0.15, 0.2) is 41.6 Å². The molecule has 0 unspecified atom stereocenters. The van der Waals surface area contributed by atoms with Crippen molar-refractivity contribution in [3.8, 4) is 0 Å². The molecule has 1 aromatic carbocycles. The Morgan fingerprint density at radius 3 is 2.68 bits per heavy atom. The number of anilines is 1. The van der Waals surface area contributed by atoms with E-state index in [1.54, 1.807) is 7.05 Å². The zero-order valence-electron chi connectivity index (χ0n) is 12.1. The fourth-order valence-electron chi connectivity index (χ4n) is 2.57. The monoisotopic (exact) mass is 340 g/mol. The average molecular weight is 341 g/mol. The van der Waals surface area contributed by atoms with Gasteiger partial charge in [-0.05, 0) is 30.7 Å². The molecule has 0 saturated carbocycles. The zero-order valence-corrected chi connectivity index (χ0v) is 13.7. The van der Waals surface area contributed by atoms with Crippen LogP contribution < -0.4 is 9.62 Å². The lowest BCUT2D eigenvalue weighted by Crippen LogP contribution is -2.36. The van der Waals surface area contributed by atoms with Crippen LogP contribution in [-0.4, -0.2) is 37.3 Å². The second kappa shape index (κ2) is 5.91. The summed E-state index contributed by atoms with van der Waals surface area (Å²) in [6.07, 6.45) is 3.62. The first-order valence-electron chi connectivity index (χ1n) is 6.95. The molecule has 0 spiro atoms. The standard InChI is InChI=1S/C14H17ClN4O2S/c1-18-10-14(8-16-18)22(20,21)17-12-6-7-19(9-12)13-4-2-11(15)3-5-13/h2-5,8,10,12,17H,6-7,9H2,1H3/t12-/m1/s1. The Bertz CT molecular complexity index is 757. The zero-order chi connectivity index (χ0) is 15.7. The summed E-state index contributed by atoms with van der Waals surface area (Å²) >= 11 is 5.89. The number of sulfonamides is 1. The lowest BCUT2D eigenvalue weighted by molar-refractivity contribution is 0.561. The predicted molar refractivity (Wildman–Crippen MR) is 85.6 cm³/mol. The number of halogens is 1. The van der Waals surface area contributed by atoms with Gasteiger partial charge in [0.1, 0.15) is 4.90 Å². The highest BCUT2D eigenvalue weighted by atomic mass is 35.5. The Labute approximate surface area is 134 Å². The van der Waals surface area contributed by atoms with Gasteiger partial charge in [-0.2, -0.15) is 5.10 Å². The summed E-state index contributed by atoms with van der Waals surface area (Å²) in [5.74, 6) is 0. The Morgan fingerprint density at radius 2 is 2.05 bits per heavy atom. The van der Waals surface area contributed by atoms with Gasteiger partial charge in [0.2, 0.25) is 10.0 Å². The molecule has 118 valence electrons. The molecule has 2 aromatic rings. The van der Waals surface area contributed by atoms with Crippen LogP contribution in [0.2, 0.25) is 5.02 Å². The van der Waals surface area contributed by atoms with Crippen LogP contribution in [0.3, 0.4) is 0 Å². The Kier molecular flexibility index (Phi) is 4.12. The van der Waals surface area contributed by atoms with E-state index in [9.17, 15) is 8.42 Å². The van der Waals surface area contributed by atoms with Gasteiger partial charge in [0.15, 0.2) is 0 Å². The second-order valence-corrected chi connectivity index (χ2v) is 7.53. The SMILES string of the molecule is Cn1cc(S(=O)(=O)N[C@@H]2CCN(c3ccc(Cl)cc3)C2)cn1. The highest BCUT2D eigenvalue weighted by Crippen LogP contribution is 2.23. The van der Waals surface area contributed by atoms with Crippen molar-refractivity contribution in [1.29, 1.82) is 0 Å². The molecule has 0 aliphatic carbocycles. The molecular formula is C14H17ClN4O2S. The van der Waals surface area contributed by atoms with Gasteiger partial charge < -0.3 is 4.90 Å². The Balaban J connectivity index is 1.67. The van der Waals surface area contributed by atoms with Crippen LogP contribution in [0.5, 0.6) is 0 Å². The van der Waals surface area contributed by atoms with E-state index in [1.807, 2.05) is 24.3 Å². The largest absolute Gasteiger partial charge is 0.370 e. The van der Waals surface area contributed by atoms with Crippen molar-refractivity contribution in [2.24, 2.45) is 7.05 Å². The van der Waals surface area contributed by atoms with Gasteiger partial charge >= 0.3 is 0 Å². The number of rotatable bonds is 4. The fraction of sp³-hybridized carbons (Fsp3) is 0.357. The van der Waals surface area contributed by atoms with Crippen molar-refractivity contribution in [3.63, 3.8) is 0 Å². The van der Waals surface area contributed by atoms with Crippen LogP contribution in [0, 0.1) is 0 Å². The summed E-state index contributed by atoms with van der Waals surface area (Å²) < 4.78 is 28.8. The number of hydrogen-bond donors (Lipinski definition) is 1. The van der Waals surface area contributed by atoms with Crippen LogP contribution in [0.25, 0.3) is 0 Å². The fourth-order valence-corrected chi connectivity index (χ4v) is 3.94. The molecule has 1 aliphatic heterocycles. The maximum Gasteiger partial charge on any atom is 0.244 e. The van der Waals surface area contributed by atoms with Gasteiger partial charge in [-0.25, -0.2) is 13.1 Å².